The molecule has 2 nitrogen and oxygen atoms in total. The molecule has 0 unspecified atom stereocenters. The van der Waals surface area contributed by atoms with Crippen LogP contribution in [-0.2, 0) is 12.1 Å². The number of ether oxygens (including phenoxy) is 1. The van der Waals surface area contributed by atoms with Crippen LogP contribution in [0.15, 0.2) is 54.6 Å². The van der Waals surface area contributed by atoms with Gasteiger partial charge in [-0.2, -0.15) is 0 Å². The topological polar surface area (TPSA) is 35.2 Å². The third-order valence-corrected chi connectivity index (χ3v) is 3.47. The van der Waals surface area contributed by atoms with Gasteiger partial charge in [-0.15, -0.1) is 0 Å². The summed E-state index contributed by atoms with van der Waals surface area (Å²) in [5.74, 6) is 0.895. The first kappa shape index (κ1) is 11.3. The van der Waals surface area contributed by atoms with Crippen molar-refractivity contribution in [3.63, 3.8) is 0 Å². The highest BCUT2D eigenvalue weighted by Gasteiger charge is 2.39. The van der Waals surface area contributed by atoms with Crippen molar-refractivity contribution in [1.29, 1.82) is 0 Å². The largest absolute Gasteiger partial charge is 0.489 e. The number of hydrogen-bond acceptors (Lipinski definition) is 2. The average molecular weight is 239 g/mol. The Hall–Kier alpha value is -1.80. The lowest BCUT2D eigenvalue weighted by Crippen LogP contribution is -2.18. The summed E-state index contributed by atoms with van der Waals surface area (Å²) in [6, 6.07) is 18.3. The molecule has 0 aliphatic heterocycles. The van der Waals surface area contributed by atoms with E-state index < -0.39 is 0 Å². The van der Waals surface area contributed by atoms with Gasteiger partial charge in [0.25, 0.3) is 0 Å². The Morgan fingerprint density at radius 1 is 0.944 bits per heavy atom. The molecule has 0 heterocycles. The van der Waals surface area contributed by atoms with Crippen molar-refractivity contribution in [3.8, 4) is 5.75 Å². The second-order valence-corrected chi connectivity index (χ2v) is 4.95. The Bertz CT molecular complexity index is 515. The summed E-state index contributed by atoms with van der Waals surface area (Å²) in [7, 11) is 0. The van der Waals surface area contributed by atoms with Gasteiger partial charge >= 0.3 is 0 Å². The molecular weight excluding hydrogens is 222 g/mol. The summed E-state index contributed by atoms with van der Waals surface area (Å²) in [5.41, 5.74) is 8.48. The molecule has 18 heavy (non-hydrogen) atoms. The van der Waals surface area contributed by atoms with E-state index in [4.69, 9.17) is 10.5 Å². The smallest absolute Gasteiger partial charge is 0.119 e. The van der Waals surface area contributed by atoms with Gasteiger partial charge in [0, 0.05) is 5.54 Å². The molecule has 2 heteroatoms. The van der Waals surface area contributed by atoms with Crippen LogP contribution in [0, 0.1) is 0 Å². The Labute approximate surface area is 107 Å². The zero-order valence-electron chi connectivity index (χ0n) is 10.3. The van der Waals surface area contributed by atoms with Crippen LogP contribution in [0.2, 0.25) is 0 Å². The van der Waals surface area contributed by atoms with E-state index in [0.717, 1.165) is 18.6 Å². The van der Waals surface area contributed by atoms with E-state index >= 15 is 0 Å². The summed E-state index contributed by atoms with van der Waals surface area (Å²) in [4.78, 5) is 0. The van der Waals surface area contributed by atoms with Gasteiger partial charge in [-0.3, -0.25) is 0 Å². The molecule has 0 amide bonds. The van der Waals surface area contributed by atoms with Crippen LogP contribution in [0.1, 0.15) is 24.0 Å². The average Bonchev–Trinajstić information content (AvgIpc) is 3.17. The third-order valence-electron chi connectivity index (χ3n) is 3.47. The molecule has 3 rings (SSSR count). The van der Waals surface area contributed by atoms with Gasteiger partial charge in [-0.1, -0.05) is 42.5 Å². The normalized spacial score (nSPS) is 16.3. The first-order valence-electron chi connectivity index (χ1n) is 6.32. The lowest BCUT2D eigenvalue weighted by atomic mass is 10.1. The van der Waals surface area contributed by atoms with Gasteiger partial charge in [0.2, 0.25) is 0 Å². The van der Waals surface area contributed by atoms with Gasteiger partial charge < -0.3 is 10.5 Å². The summed E-state index contributed by atoms with van der Waals surface area (Å²) in [6.45, 7) is 0.605. The monoisotopic (exact) mass is 239 g/mol. The summed E-state index contributed by atoms with van der Waals surface area (Å²) in [5, 5.41) is 0. The van der Waals surface area contributed by atoms with Crippen LogP contribution in [0.5, 0.6) is 5.75 Å². The SMILES string of the molecule is NC1(c2ccc(OCc3ccccc3)cc2)CC1. The molecule has 0 atom stereocenters. The Balaban J connectivity index is 1.63. The molecule has 2 N–H and O–H groups in total. The van der Waals surface area contributed by atoms with E-state index in [2.05, 4.69) is 24.3 Å². The molecule has 0 radical (unpaired) electrons. The highest BCUT2D eigenvalue weighted by molar-refractivity contribution is 5.34. The molecule has 0 bridgehead atoms. The molecule has 1 aliphatic rings. The fraction of sp³-hybridized carbons (Fsp3) is 0.250. The fourth-order valence-electron chi connectivity index (χ4n) is 2.05. The first-order valence-corrected chi connectivity index (χ1v) is 6.32. The lowest BCUT2D eigenvalue weighted by molar-refractivity contribution is 0.306. The zero-order valence-corrected chi connectivity index (χ0v) is 10.3. The molecule has 2 aromatic rings. The predicted octanol–water partition coefficient (Wildman–Crippen LogP) is 3.21. The first-order chi connectivity index (χ1) is 8.76. The zero-order chi connectivity index (χ0) is 12.4. The van der Waals surface area contributed by atoms with Gasteiger partial charge in [-0.05, 0) is 36.1 Å². The predicted molar refractivity (Wildman–Crippen MR) is 72.3 cm³/mol. The van der Waals surface area contributed by atoms with E-state index in [1.807, 2.05) is 30.3 Å². The number of hydrogen-bond donors (Lipinski definition) is 1. The molecular formula is C16H17NO. The second-order valence-electron chi connectivity index (χ2n) is 4.95. The van der Waals surface area contributed by atoms with Gasteiger partial charge in [0.15, 0.2) is 0 Å². The van der Waals surface area contributed by atoms with E-state index in [9.17, 15) is 0 Å². The van der Waals surface area contributed by atoms with Crippen LogP contribution >= 0.6 is 0 Å². The number of nitrogens with two attached hydrogens (primary N) is 1. The standard InChI is InChI=1S/C16H17NO/c17-16(10-11-16)14-6-8-15(9-7-14)18-12-13-4-2-1-3-5-13/h1-9H,10-12,17H2. The van der Waals surface area contributed by atoms with E-state index in [1.165, 1.54) is 11.1 Å². The maximum Gasteiger partial charge on any atom is 0.119 e. The minimum atomic E-state index is -0.0576. The maximum atomic E-state index is 6.14. The van der Waals surface area contributed by atoms with E-state index in [1.54, 1.807) is 0 Å². The molecule has 1 fully saturated rings. The Morgan fingerprint density at radius 2 is 1.61 bits per heavy atom. The third kappa shape index (κ3) is 2.39. The number of rotatable bonds is 4. The van der Waals surface area contributed by atoms with Crippen LogP contribution in [0.3, 0.4) is 0 Å². The van der Waals surface area contributed by atoms with Crippen LogP contribution in [0.25, 0.3) is 0 Å². The van der Waals surface area contributed by atoms with Gasteiger partial charge in [0.1, 0.15) is 12.4 Å². The Morgan fingerprint density at radius 3 is 2.22 bits per heavy atom. The van der Waals surface area contributed by atoms with Crippen molar-refractivity contribution in [1.82, 2.24) is 0 Å². The van der Waals surface area contributed by atoms with Gasteiger partial charge in [-0.25, -0.2) is 0 Å². The molecule has 0 spiro atoms. The van der Waals surface area contributed by atoms with E-state index in [-0.39, 0.29) is 5.54 Å². The molecule has 0 saturated heterocycles. The van der Waals surface area contributed by atoms with Crippen molar-refractivity contribution >= 4 is 0 Å². The second kappa shape index (κ2) is 4.46. The lowest BCUT2D eigenvalue weighted by Gasteiger charge is -2.11. The van der Waals surface area contributed by atoms with Crippen LogP contribution < -0.4 is 10.5 Å². The molecule has 1 saturated carbocycles. The molecule has 0 aromatic heterocycles. The van der Waals surface area contributed by atoms with Crippen molar-refractivity contribution in [3.05, 3.63) is 65.7 Å². The highest BCUT2D eigenvalue weighted by Crippen LogP contribution is 2.42. The Kier molecular flexibility index (Phi) is 2.80. The minimum Gasteiger partial charge on any atom is -0.489 e. The molecule has 92 valence electrons. The highest BCUT2D eigenvalue weighted by atomic mass is 16.5. The van der Waals surface area contributed by atoms with Crippen molar-refractivity contribution in [2.75, 3.05) is 0 Å². The van der Waals surface area contributed by atoms with Crippen molar-refractivity contribution < 1.29 is 4.74 Å². The van der Waals surface area contributed by atoms with Crippen molar-refractivity contribution in [2.24, 2.45) is 5.73 Å². The maximum absolute atomic E-state index is 6.14. The molecule has 2 aromatic carbocycles. The van der Waals surface area contributed by atoms with Crippen molar-refractivity contribution in [2.45, 2.75) is 25.0 Å². The van der Waals surface area contributed by atoms with Crippen LogP contribution in [-0.4, -0.2) is 0 Å². The quantitative estimate of drug-likeness (QED) is 0.889. The number of benzene rings is 2. The van der Waals surface area contributed by atoms with Crippen LogP contribution in [0.4, 0.5) is 0 Å². The van der Waals surface area contributed by atoms with E-state index in [0.29, 0.717) is 6.61 Å². The summed E-state index contributed by atoms with van der Waals surface area (Å²) >= 11 is 0. The molecule has 1 aliphatic carbocycles. The minimum absolute atomic E-state index is 0.0576. The summed E-state index contributed by atoms with van der Waals surface area (Å²) in [6.07, 6.45) is 2.19. The summed E-state index contributed by atoms with van der Waals surface area (Å²) < 4.78 is 5.74. The fourth-order valence-corrected chi connectivity index (χ4v) is 2.05. The van der Waals surface area contributed by atoms with Gasteiger partial charge in [0.05, 0.1) is 0 Å².